The van der Waals surface area contributed by atoms with Crippen LogP contribution in [0.2, 0.25) is 0 Å². The van der Waals surface area contributed by atoms with Crippen molar-refractivity contribution in [2.24, 2.45) is 0 Å². The van der Waals surface area contributed by atoms with Gasteiger partial charge < -0.3 is 10.1 Å². The van der Waals surface area contributed by atoms with Crippen molar-refractivity contribution >= 4 is 10.0 Å². The van der Waals surface area contributed by atoms with E-state index in [2.05, 4.69) is 15.0 Å². The molecule has 0 aromatic carbocycles. The highest BCUT2D eigenvalue weighted by Crippen LogP contribution is 2.15. The van der Waals surface area contributed by atoms with Crippen molar-refractivity contribution in [3.63, 3.8) is 0 Å². The summed E-state index contributed by atoms with van der Waals surface area (Å²) in [4.78, 5) is 4.03. The first-order chi connectivity index (χ1) is 10.1. The third-order valence-electron chi connectivity index (χ3n) is 3.43. The predicted octanol–water partition coefficient (Wildman–Crippen LogP) is 1.04. The highest BCUT2D eigenvalue weighted by molar-refractivity contribution is 7.89. The molecule has 0 saturated carbocycles. The molecule has 7 heteroatoms. The number of nitrogens with one attached hydrogen (secondary N) is 2. The molecule has 2 heterocycles. The second kappa shape index (κ2) is 7.84. The van der Waals surface area contributed by atoms with Crippen LogP contribution in [0.25, 0.3) is 0 Å². The van der Waals surface area contributed by atoms with Crippen LogP contribution in [-0.4, -0.2) is 39.2 Å². The summed E-state index contributed by atoms with van der Waals surface area (Å²) < 4.78 is 32.3. The van der Waals surface area contributed by atoms with E-state index in [1.165, 1.54) is 0 Å². The summed E-state index contributed by atoms with van der Waals surface area (Å²) in [7, 11) is -3.53. The molecule has 1 aliphatic rings. The lowest BCUT2D eigenvalue weighted by atomic mass is 10.2. The standard InChI is InChI=1S/C14H23N3O3S/c1-2-15-10-12-5-6-14(16-11-12)21(18,19)17-8-7-13-4-3-9-20-13/h5-6,11,13,15,17H,2-4,7-10H2,1H3. The number of nitrogens with zero attached hydrogens (tertiary/aromatic N) is 1. The van der Waals surface area contributed by atoms with E-state index in [1.807, 2.05) is 6.92 Å². The minimum absolute atomic E-state index is 0.0649. The van der Waals surface area contributed by atoms with E-state index >= 15 is 0 Å². The summed E-state index contributed by atoms with van der Waals surface area (Å²) in [6, 6.07) is 3.32. The van der Waals surface area contributed by atoms with E-state index in [-0.39, 0.29) is 11.1 Å². The fourth-order valence-corrected chi connectivity index (χ4v) is 3.22. The van der Waals surface area contributed by atoms with Gasteiger partial charge in [-0.25, -0.2) is 18.1 Å². The fourth-order valence-electron chi connectivity index (χ4n) is 2.24. The molecule has 1 atom stereocenters. The minimum atomic E-state index is -3.53. The Labute approximate surface area is 126 Å². The number of hydrogen-bond acceptors (Lipinski definition) is 5. The normalized spacial score (nSPS) is 19.0. The van der Waals surface area contributed by atoms with E-state index in [0.29, 0.717) is 19.5 Å². The Bertz CT molecular complexity index is 525. The maximum atomic E-state index is 12.1. The van der Waals surface area contributed by atoms with Crippen molar-refractivity contribution in [1.29, 1.82) is 0 Å². The number of pyridine rings is 1. The van der Waals surface area contributed by atoms with Crippen LogP contribution in [0.15, 0.2) is 23.4 Å². The molecule has 1 aliphatic heterocycles. The smallest absolute Gasteiger partial charge is 0.258 e. The van der Waals surface area contributed by atoms with Crippen LogP contribution in [0.3, 0.4) is 0 Å². The summed E-state index contributed by atoms with van der Waals surface area (Å²) in [5.74, 6) is 0. The molecule has 118 valence electrons. The third-order valence-corrected chi connectivity index (χ3v) is 4.81. The lowest BCUT2D eigenvalue weighted by Crippen LogP contribution is -2.28. The van der Waals surface area contributed by atoms with Crippen LogP contribution in [-0.2, 0) is 21.3 Å². The predicted molar refractivity (Wildman–Crippen MR) is 80.4 cm³/mol. The van der Waals surface area contributed by atoms with E-state index in [9.17, 15) is 8.42 Å². The summed E-state index contributed by atoms with van der Waals surface area (Å²) in [5, 5.41) is 3.23. The van der Waals surface area contributed by atoms with Crippen molar-refractivity contribution in [2.75, 3.05) is 19.7 Å². The second-order valence-electron chi connectivity index (χ2n) is 5.11. The lowest BCUT2D eigenvalue weighted by Gasteiger charge is -2.10. The summed E-state index contributed by atoms with van der Waals surface area (Å²) in [6.45, 7) is 4.74. The molecule has 0 aliphatic carbocycles. The average Bonchev–Trinajstić information content (AvgIpc) is 2.98. The van der Waals surface area contributed by atoms with Gasteiger partial charge in [0, 0.05) is 25.9 Å². The minimum Gasteiger partial charge on any atom is -0.378 e. The molecule has 6 nitrogen and oxygen atoms in total. The van der Waals surface area contributed by atoms with Crippen LogP contribution in [0, 0.1) is 0 Å². The lowest BCUT2D eigenvalue weighted by molar-refractivity contribution is 0.105. The zero-order valence-electron chi connectivity index (χ0n) is 12.3. The van der Waals surface area contributed by atoms with Crippen LogP contribution in [0.5, 0.6) is 0 Å². The van der Waals surface area contributed by atoms with Crippen LogP contribution < -0.4 is 10.0 Å². The van der Waals surface area contributed by atoms with Gasteiger partial charge in [-0.3, -0.25) is 0 Å². The number of sulfonamides is 1. The molecule has 21 heavy (non-hydrogen) atoms. The molecule has 0 spiro atoms. The van der Waals surface area contributed by atoms with Gasteiger partial charge in [0.2, 0.25) is 0 Å². The van der Waals surface area contributed by atoms with Gasteiger partial charge in [-0.05, 0) is 37.4 Å². The van der Waals surface area contributed by atoms with Crippen molar-refractivity contribution in [2.45, 2.75) is 43.9 Å². The van der Waals surface area contributed by atoms with Crippen molar-refractivity contribution in [3.05, 3.63) is 23.9 Å². The molecule has 1 fully saturated rings. The fraction of sp³-hybridized carbons (Fsp3) is 0.643. The van der Waals surface area contributed by atoms with Gasteiger partial charge in [0.1, 0.15) is 0 Å². The van der Waals surface area contributed by atoms with Gasteiger partial charge in [-0.1, -0.05) is 13.0 Å². The molecule has 1 aromatic rings. The third kappa shape index (κ3) is 5.03. The molecule has 1 saturated heterocycles. The van der Waals surface area contributed by atoms with Crippen molar-refractivity contribution in [1.82, 2.24) is 15.0 Å². The van der Waals surface area contributed by atoms with Gasteiger partial charge in [-0.15, -0.1) is 0 Å². The molecule has 2 N–H and O–H groups in total. The average molecular weight is 313 g/mol. The van der Waals surface area contributed by atoms with Gasteiger partial charge >= 0.3 is 0 Å². The topological polar surface area (TPSA) is 80.3 Å². The molecule has 1 unspecified atom stereocenters. The maximum absolute atomic E-state index is 12.1. The Morgan fingerprint density at radius 3 is 2.90 bits per heavy atom. The molecular formula is C14H23N3O3S. The maximum Gasteiger partial charge on any atom is 0.258 e. The molecular weight excluding hydrogens is 290 g/mol. The quantitative estimate of drug-likeness (QED) is 0.749. The Balaban J connectivity index is 1.85. The first kappa shape index (κ1) is 16.4. The summed E-state index contributed by atoms with van der Waals surface area (Å²) >= 11 is 0. The first-order valence-electron chi connectivity index (χ1n) is 7.38. The molecule has 0 radical (unpaired) electrons. The first-order valence-corrected chi connectivity index (χ1v) is 8.87. The van der Waals surface area contributed by atoms with Gasteiger partial charge in [0.15, 0.2) is 5.03 Å². The van der Waals surface area contributed by atoms with Gasteiger partial charge in [0.05, 0.1) is 6.10 Å². The zero-order valence-corrected chi connectivity index (χ0v) is 13.2. The van der Waals surface area contributed by atoms with E-state index < -0.39 is 10.0 Å². The summed E-state index contributed by atoms with van der Waals surface area (Å²) in [6.07, 6.45) is 4.56. The Hall–Kier alpha value is -1.02. The largest absolute Gasteiger partial charge is 0.378 e. The SMILES string of the molecule is CCNCc1ccc(S(=O)(=O)NCCC2CCCO2)nc1. The Morgan fingerprint density at radius 1 is 1.43 bits per heavy atom. The van der Waals surface area contributed by atoms with Crippen LogP contribution >= 0.6 is 0 Å². The molecule has 1 aromatic heterocycles. The number of ether oxygens (including phenoxy) is 1. The Morgan fingerprint density at radius 2 is 2.29 bits per heavy atom. The number of aromatic nitrogens is 1. The van der Waals surface area contributed by atoms with Crippen LogP contribution in [0.4, 0.5) is 0 Å². The molecule has 2 rings (SSSR count). The van der Waals surface area contributed by atoms with Crippen molar-refractivity contribution in [3.8, 4) is 0 Å². The highest BCUT2D eigenvalue weighted by Gasteiger charge is 2.18. The highest BCUT2D eigenvalue weighted by atomic mass is 32.2. The summed E-state index contributed by atoms with van der Waals surface area (Å²) in [5.41, 5.74) is 0.968. The van der Waals surface area contributed by atoms with Gasteiger partial charge in [0.25, 0.3) is 10.0 Å². The molecule has 0 bridgehead atoms. The van der Waals surface area contributed by atoms with Gasteiger partial charge in [-0.2, -0.15) is 0 Å². The van der Waals surface area contributed by atoms with E-state index in [0.717, 1.165) is 31.6 Å². The van der Waals surface area contributed by atoms with E-state index in [4.69, 9.17) is 4.74 Å². The zero-order chi connectivity index (χ0) is 15.1. The monoisotopic (exact) mass is 313 g/mol. The Kier molecular flexibility index (Phi) is 6.10. The number of hydrogen-bond donors (Lipinski definition) is 2. The molecule has 0 amide bonds. The van der Waals surface area contributed by atoms with E-state index in [1.54, 1.807) is 18.3 Å². The second-order valence-corrected chi connectivity index (χ2v) is 6.82. The van der Waals surface area contributed by atoms with Crippen LogP contribution in [0.1, 0.15) is 31.7 Å². The number of rotatable bonds is 8. The van der Waals surface area contributed by atoms with Crippen molar-refractivity contribution < 1.29 is 13.2 Å².